The molecule has 19 heteroatoms. The largest absolute Gasteiger partial charge is 0.480 e. The van der Waals surface area contributed by atoms with Gasteiger partial charge in [0, 0.05) is 29.7 Å². The molecular weight excluding hydrogens is 913 g/mol. The van der Waals surface area contributed by atoms with Crippen molar-refractivity contribution in [1.29, 1.82) is 0 Å². The Morgan fingerprint density at radius 1 is 0.443 bits per heavy atom. The van der Waals surface area contributed by atoms with E-state index in [2.05, 4.69) is 38.5 Å². The second-order valence-corrected chi connectivity index (χ2v) is 20.8. The van der Waals surface area contributed by atoms with Crippen LogP contribution in [0.3, 0.4) is 0 Å². The van der Waals surface area contributed by atoms with Gasteiger partial charge in [-0.05, 0) is 144 Å². The van der Waals surface area contributed by atoms with Gasteiger partial charge in [-0.1, -0.05) is 22.6 Å². The van der Waals surface area contributed by atoms with Crippen molar-refractivity contribution in [2.24, 2.45) is 0 Å². The number of alkyl carbamates (subject to hydrolysis) is 3. The zero-order valence-corrected chi connectivity index (χ0v) is 42.1. The molecule has 5 N–H and O–H groups in total. The van der Waals surface area contributed by atoms with Crippen LogP contribution in [0.1, 0.15) is 163 Å². The molecule has 0 aliphatic heterocycles. The molecule has 0 aromatic carbocycles. The van der Waals surface area contributed by atoms with E-state index in [1.54, 1.807) is 83.1 Å². The van der Waals surface area contributed by atoms with E-state index in [1.165, 1.54) is 0 Å². The molecule has 3 amide bonds. The number of hydrogen-bond acceptors (Lipinski definition) is 14. The average molecular weight is 992 g/mol. The van der Waals surface area contributed by atoms with Crippen molar-refractivity contribution in [3.63, 3.8) is 0 Å². The zero-order valence-electron chi connectivity index (χ0n) is 40.0. The van der Waals surface area contributed by atoms with Crippen LogP contribution in [-0.4, -0.2) is 115 Å². The highest BCUT2D eigenvalue weighted by Crippen LogP contribution is 2.15. The first-order chi connectivity index (χ1) is 27.2. The lowest BCUT2D eigenvalue weighted by molar-refractivity contribution is -0.156. The Labute approximate surface area is 377 Å². The van der Waals surface area contributed by atoms with E-state index in [4.69, 9.17) is 33.5 Å². The number of carboxylic acid groups (broad SMARTS) is 1. The van der Waals surface area contributed by atoms with Crippen molar-refractivity contribution in [3.8, 4) is 0 Å². The van der Waals surface area contributed by atoms with Crippen molar-refractivity contribution in [1.82, 2.24) is 16.0 Å². The molecule has 0 aromatic rings. The van der Waals surface area contributed by atoms with Gasteiger partial charge in [-0.3, -0.25) is 14.4 Å². The first kappa shape index (κ1) is 61.7. The number of hydrogen-bond donors (Lipinski definition) is 5. The van der Waals surface area contributed by atoms with Crippen LogP contribution in [0.5, 0.6) is 0 Å². The Hall–Kier alpha value is -3.62. The molecule has 0 rings (SSSR count). The summed E-state index contributed by atoms with van der Waals surface area (Å²) in [5.74, 6) is -2.36. The van der Waals surface area contributed by atoms with Gasteiger partial charge >= 0.3 is 42.2 Å². The fourth-order valence-corrected chi connectivity index (χ4v) is 4.74. The topological polar surface area (TPSA) is 251 Å². The third-order valence-electron chi connectivity index (χ3n) is 6.13. The number of esters is 3. The van der Waals surface area contributed by atoms with Crippen LogP contribution in [0.25, 0.3) is 0 Å². The van der Waals surface area contributed by atoms with Crippen LogP contribution in [0.15, 0.2) is 0 Å². The molecule has 18 nitrogen and oxygen atoms in total. The van der Waals surface area contributed by atoms with Gasteiger partial charge in [0.15, 0.2) is 0 Å². The molecule has 0 aromatic heterocycles. The number of rotatable bonds is 15. The second kappa shape index (κ2) is 27.4. The minimum Gasteiger partial charge on any atom is -0.480 e. The van der Waals surface area contributed by atoms with Crippen LogP contribution in [0.4, 0.5) is 14.4 Å². The molecule has 358 valence electrons. The number of aliphatic hydroxyl groups excluding tert-OH is 1. The lowest BCUT2D eigenvalue weighted by Gasteiger charge is -2.23. The second-order valence-electron chi connectivity index (χ2n) is 19.9. The monoisotopic (exact) mass is 991 g/mol. The number of carbonyl (C=O) groups excluding carboxylic acids is 6. The van der Waals surface area contributed by atoms with E-state index in [-0.39, 0.29) is 50.3 Å². The molecule has 0 saturated heterocycles. The van der Waals surface area contributed by atoms with Gasteiger partial charge in [-0.2, -0.15) is 0 Å². The average Bonchev–Trinajstić information content (AvgIpc) is 2.98. The standard InChI is InChI=1S/C14H26INO4.C14H25NO6.C14H27NO5/c1-13(2,3)19-11(17)8-7-10(9-15)16-12(18)20-14(4,5)6;1-13(2,3)20-10(16)8-7-9(11(17)18)15-12(19)21-14(4,5)6;1-13(2,3)19-11(17)8-7-10(9-16)15-12(18)20-14(4,5)6/h10H,7-9H2,1-6H3,(H,16,18);9H,7-8H2,1-6H3,(H,15,19)(H,17,18);10,16H,7-9H2,1-6H3,(H,15,18)/t10-;9-;10-/m111/s1. The third kappa shape index (κ3) is 44.3. The SMILES string of the molecule is CC(C)(C)OC(=O)CC[C@@H](NC(=O)OC(C)(C)C)C(=O)O.CC(C)(C)OC(=O)CC[C@H](CI)NC(=O)OC(C)(C)C.CC(C)(C)OC(=O)CC[C@H](CO)NC(=O)OC(C)(C)C. The van der Waals surface area contributed by atoms with Gasteiger partial charge in [0.05, 0.1) is 12.6 Å². The third-order valence-corrected chi connectivity index (χ3v) is 7.19. The first-order valence-electron chi connectivity index (χ1n) is 20.2. The normalized spacial score (nSPS) is 13.4. The summed E-state index contributed by atoms with van der Waals surface area (Å²) in [5.41, 5.74) is -3.49. The maximum absolute atomic E-state index is 11.6. The van der Waals surface area contributed by atoms with Gasteiger partial charge in [-0.25, -0.2) is 19.2 Å². The summed E-state index contributed by atoms with van der Waals surface area (Å²) in [5, 5.41) is 25.8. The van der Waals surface area contributed by atoms with E-state index in [0.29, 0.717) is 17.3 Å². The highest BCUT2D eigenvalue weighted by atomic mass is 127. The number of amides is 3. The minimum atomic E-state index is -1.23. The summed E-state index contributed by atoms with van der Waals surface area (Å²) in [6.45, 7) is 31.5. The maximum atomic E-state index is 11.6. The first-order valence-corrected chi connectivity index (χ1v) is 21.7. The van der Waals surface area contributed by atoms with Crippen LogP contribution in [0.2, 0.25) is 0 Å². The Morgan fingerprint density at radius 3 is 0.967 bits per heavy atom. The summed E-state index contributed by atoms with van der Waals surface area (Å²) in [7, 11) is 0. The van der Waals surface area contributed by atoms with Crippen molar-refractivity contribution in [2.75, 3.05) is 11.0 Å². The van der Waals surface area contributed by atoms with E-state index in [1.807, 2.05) is 41.5 Å². The van der Waals surface area contributed by atoms with Crippen LogP contribution < -0.4 is 16.0 Å². The highest BCUT2D eigenvalue weighted by molar-refractivity contribution is 14.1. The van der Waals surface area contributed by atoms with Crippen molar-refractivity contribution >= 4 is 64.7 Å². The molecule has 0 radical (unpaired) electrons. The summed E-state index contributed by atoms with van der Waals surface area (Å²) in [6.07, 6.45) is -0.836. The number of carbonyl (C=O) groups is 7. The molecule has 0 saturated carbocycles. The fraction of sp³-hybridized carbons (Fsp3) is 0.833. The van der Waals surface area contributed by atoms with Gasteiger partial charge in [0.25, 0.3) is 0 Å². The number of halogens is 1. The molecule has 0 unspecified atom stereocenters. The predicted molar refractivity (Wildman–Crippen MR) is 238 cm³/mol. The molecular formula is C42H78IN3O15. The lowest BCUT2D eigenvalue weighted by atomic mass is 10.1. The number of nitrogens with one attached hydrogen (secondary N) is 3. The summed E-state index contributed by atoms with van der Waals surface area (Å²) in [4.78, 5) is 80.5. The smallest absolute Gasteiger partial charge is 0.408 e. The molecule has 61 heavy (non-hydrogen) atoms. The van der Waals surface area contributed by atoms with Gasteiger partial charge in [0.1, 0.15) is 39.6 Å². The van der Waals surface area contributed by atoms with Gasteiger partial charge < -0.3 is 54.6 Å². The number of aliphatic carboxylic acids is 1. The van der Waals surface area contributed by atoms with Crippen molar-refractivity contribution in [3.05, 3.63) is 0 Å². The van der Waals surface area contributed by atoms with Crippen molar-refractivity contribution < 1.29 is 72.2 Å². The lowest BCUT2D eigenvalue weighted by Crippen LogP contribution is -2.43. The van der Waals surface area contributed by atoms with E-state index >= 15 is 0 Å². The number of alkyl halides is 1. The quantitative estimate of drug-likeness (QED) is 0.0461. The van der Waals surface area contributed by atoms with E-state index < -0.39 is 75.9 Å². The summed E-state index contributed by atoms with van der Waals surface area (Å²) >= 11 is 2.17. The molecule has 0 bridgehead atoms. The highest BCUT2D eigenvalue weighted by Gasteiger charge is 2.27. The fourth-order valence-electron chi connectivity index (χ4n) is 4.08. The molecule has 0 aliphatic rings. The Morgan fingerprint density at radius 2 is 0.705 bits per heavy atom. The van der Waals surface area contributed by atoms with Crippen LogP contribution in [-0.2, 0) is 47.6 Å². The summed E-state index contributed by atoms with van der Waals surface area (Å²) in [6, 6.07) is -1.83. The van der Waals surface area contributed by atoms with E-state index in [9.17, 15) is 38.7 Å². The molecule has 0 spiro atoms. The number of aliphatic hydroxyl groups is 1. The number of carboxylic acids is 1. The minimum absolute atomic E-state index is 0.0660. The van der Waals surface area contributed by atoms with E-state index in [0.717, 1.165) is 0 Å². The summed E-state index contributed by atoms with van der Waals surface area (Å²) < 4.78 is 31.4. The molecule has 0 fully saturated rings. The van der Waals surface area contributed by atoms with Gasteiger partial charge in [-0.15, -0.1) is 0 Å². The molecule has 0 aliphatic carbocycles. The van der Waals surface area contributed by atoms with Crippen molar-refractivity contribution in [2.45, 2.75) is 215 Å². The molecule has 3 atom stereocenters. The zero-order chi connectivity index (χ0) is 48.8. The Kier molecular flexibility index (Phi) is 27.7. The van der Waals surface area contributed by atoms with Crippen LogP contribution >= 0.6 is 22.6 Å². The Bertz CT molecular complexity index is 1310. The van der Waals surface area contributed by atoms with Crippen LogP contribution in [0, 0.1) is 0 Å². The maximum Gasteiger partial charge on any atom is 0.408 e. The molecule has 0 heterocycles. The number of ether oxygens (including phenoxy) is 6. The predicted octanol–water partition coefficient (Wildman–Crippen LogP) is 7.52. The van der Waals surface area contributed by atoms with Gasteiger partial charge in [0.2, 0.25) is 0 Å². The Balaban J connectivity index is -0.000000828.